The lowest BCUT2D eigenvalue weighted by Crippen LogP contribution is -2.45. The molecule has 3 unspecified atom stereocenters. The molecule has 0 radical (unpaired) electrons. The zero-order valence-corrected chi connectivity index (χ0v) is 42.8. The zero-order valence-electron chi connectivity index (χ0n) is 41.9. The molecule has 0 bridgehead atoms. The summed E-state index contributed by atoms with van der Waals surface area (Å²) >= 11 is 0. The van der Waals surface area contributed by atoms with Gasteiger partial charge in [-0.3, -0.25) is 13.8 Å². The number of quaternary nitrogens is 1. The van der Waals surface area contributed by atoms with Gasteiger partial charge in [-0.25, -0.2) is 4.57 Å². The van der Waals surface area contributed by atoms with Crippen molar-refractivity contribution in [1.82, 2.24) is 5.32 Å². The Kier molecular flexibility index (Phi) is 44.4. The SMILES string of the molecule is CCCCC/C=C/CC/C=C/C(O)C(COP(=O)(O)OCC[N+](C)(C)C)NC(=O)CCCCCCCCCCCCCCCCCCCCCCCCCCCCCCCCC. The zero-order chi connectivity index (χ0) is 45.7. The van der Waals surface area contributed by atoms with Crippen LogP contribution in [0.25, 0.3) is 0 Å². The van der Waals surface area contributed by atoms with Gasteiger partial charge in [-0.05, 0) is 32.1 Å². The fraction of sp³-hybridized carbons (Fsp3) is 0.906. The van der Waals surface area contributed by atoms with Gasteiger partial charge in [0.15, 0.2) is 0 Å². The van der Waals surface area contributed by atoms with E-state index in [1.165, 1.54) is 199 Å². The molecule has 0 heterocycles. The van der Waals surface area contributed by atoms with Crippen LogP contribution < -0.4 is 5.32 Å². The monoisotopic (exact) mass is 898 g/mol. The van der Waals surface area contributed by atoms with Crippen molar-refractivity contribution in [2.24, 2.45) is 0 Å². The van der Waals surface area contributed by atoms with Crippen molar-refractivity contribution >= 4 is 13.7 Å². The van der Waals surface area contributed by atoms with Gasteiger partial charge < -0.3 is 19.8 Å². The van der Waals surface area contributed by atoms with E-state index in [4.69, 9.17) is 9.05 Å². The smallest absolute Gasteiger partial charge is 0.387 e. The molecule has 0 aromatic heterocycles. The van der Waals surface area contributed by atoms with Crippen molar-refractivity contribution < 1.29 is 32.9 Å². The van der Waals surface area contributed by atoms with Crippen molar-refractivity contribution in [2.45, 2.75) is 270 Å². The highest BCUT2D eigenvalue weighted by molar-refractivity contribution is 7.47. The Labute approximate surface area is 385 Å². The van der Waals surface area contributed by atoms with E-state index >= 15 is 0 Å². The number of likely N-dealkylation sites (N-methyl/N-ethyl adjacent to an activating group) is 1. The topological polar surface area (TPSA) is 105 Å². The number of hydrogen-bond acceptors (Lipinski definition) is 5. The molecule has 0 saturated carbocycles. The van der Waals surface area contributed by atoms with E-state index < -0.39 is 20.0 Å². The molecular weight excluding hydrogens is 792 g/mol. The molecule has 8 nitrogen and oxygen atoms in total. The summed E-state index contributed by atoms with van der Waals surface area (Å²) in [4.78, 5) is 23.1. The van der Waals surface area contributed by atoms with Gasteiger partial charge in [0.1, 0.15) is 13.2 Å². The van der Waals surface area contributed by atoms with Crippen LogP contribution in [-0.4, -0.2) is 73.4 Å². The quantitative estimate of drug-likeness (QED) is 0.0243. The fourth-order valence-electron chi connectivity index (χ4n) is 7.94. The van der Waals surface area contributed by atoms with Crippen molar-refractivity contribution in [3.63, 3.8) is 0 Å². The highest BCUT2D eigenvalue weighted by Gasteiger charge is 2.27. The summed E-state index contributed by atoms with van der Waals surface area (Å²) in [6, 6.07) is -0.857. The number of aliphatic hydroxyl groups excluding tert-OH is 1. The molecule has 0 aromatic rings. The molecule has 0 aliphatic heterocycles. The molecule has 9 heteroatoms. The van der Waals surface area contributed by atoms with E-state index in [0.717, 1.165) is 38.5 Å². The van der Waals surface area contributed by atoms with Gasteiger partial charge in [-0.2, -0.15) is 0 Å². The van der Waals surface area contributed by atoms with E-state index in [-0.39, 0.29) is 19.1 Å². The predicted molar refractivity (Wildman–Crippen MR) is 268 cm³/mol. The van der Waals surface area contributed by atoms with Crippen molar-refractivity contribution in [3.05, 3.63) is 24.3 Å². The summed E-state index contributed by atoms with van der Waals surface area (Å²) < 4.78 is 23.5. The minimum Gasteiger partial charge on any atom is -0.387 e. The van der Waals surface area contributed by atoms with Crippen molar-refractivity contribution in [3.8, 4) is 0 Å². The van der Waals surface area contributed by atoms with Gasteiger partial charge in [0.2, 0.25) is 5.91 Å². The molecule has 3 N–H and O–H groups in total. The highest BCUT2D eigenvalue weighted by Crippen LogP contribution is 2.43. The molecule has 3 atom stereocenters. The van der Waals surface area contributed by atoms with Crippen LogP contribution in [0.4, 0.5) is 0 Å². The lowest BCUT2D eigenvalue weighted by Gasteiger charge is -2.25. The second-order valence-electron chi connectivity index (χ2n) is 19.6. The average molecular weight is 898 g/mol. The second-order valence-corrected chi connectivity index (χ2v) is 21.1. The van der Waals surface area contributed by atoms with Crippen LogP contribution in [0.3, 0.4) is 0 Å². The number of carbonyl (C=O) groups excluding carboxylic acids is 1. The van der Waals surface area contributed by atoms with Gasteiger partial charge in [0, 0.05) is 6.42 Å². The number of carbonyl (C=O) groups is 1. The lowest BCUT2D eigenvalue weighted by molar-refractivity contribution is -0.870. The van der Waals surface area contributed by atoms with Crippen LogP contribution >= 0.6 is 7.82 Å². The molecule has 368 valence electrons. The number of phosphoric acid groups is 1. The molecular formula is C53H106N2O6P+. The van der Waals surface area contributed by atoms with E-state index in [2.05, 4.69) is 31.3 Å². The number of phosphoric ester groups is 1. The second kappa shape index (κ2) is 45.1. The summed E-state index contributed by atoms with van der Waals surface area (Å²) in [6.45, 7) is 4.76. The maximum Gasteiger partial charge on any atom is 0.472 e. The minimum atomic E-state index is -4.34. The van der Waals surface area contributed by atoms with E-state index in [0.29, 0.717) is 17.4 Å². The molecule has 1 amide bonds. The molecule has 0 aliphatic rings. The molecule has 0 spiro atoms. The number of rotatable bonds is 49. The number of allylic oxidation sites excluding steroid dienone is 3. The molecule has 62 heavy (non-hydrogen) atoms. The standard InChI is InChI=1S/C53H105N2O6P/c1-6-8-10-12-14-16-17-18-19-20-21-22-23-24-25-26-27-28-29-30-31-32-33-34-35-36-37-39-41-43-45-47-53(57)54-51(50-61-62(58,59)60-49-48-55(3,4)5)52(56)46-44-42-40-38-15-13-11-9-7-2/h15,38,44,46,51-52,56H,6-14,16-37,39-43,45,47-50H2,1-5H3,(H-,54,57,58,59)/p+1/b38-15+,46-44+. The number of nitrogens with zero attached hydrogens (tertiary/aromatic N) is 1. The van der Waals surface area contributed by atoms with Crippen LogP contribution in [0.2, 0.25) is 0 Å². The summed E-state index contributed by atoms with van der Waals surface area (Å²) in [5, 5.41) is 13.8. The maximum absolute atomic E-state index is 12.9. The Balaban J connectivity index is 3.93. The summed E-state index contributed by atoms with van der Waals surface area (Å²) in [7, 11) is 1.56. The third-order valence-electron chi connectivity index (χ3n) is 12.2. The largest absolute Gasteiger partial charge is 0.472 e. The maximum atomic E-state index is 12.9. The first-order chi connectivity index (χ1) is 30.0. The molecule has 0 fully saturated rings. The minimum absolute atomic E-state index is 0.0580. The number of unbranched alkanes of at least 4 members (excludes halogenated alkanes) is 34. The summed E-state index contributed by atoms with van der Waals surface area (Å²) in [6.07, 6.45) is 56.0. The predicted octanol–water partition coefficient (Wildman–Crippen LogP) is 15.6. The normalized spacial score (nSPS) is 14.2. The first-order valence-corrected chi connectivity index (χ1v) is 28.2. The number of hydrogen-bond donors (Lipinski definition) is 3. The first-order valence-electron chi connectivity index (χ1n) is 26.7. The Morgan fingerprint density at radius 3 is 1.29 bits per heavy atom. The van der Waals surface area contributed by atoms with Crippen LogP contribution in [-0.2, 0) is 18.4 Å². The molecule has 0 aliphatic carbocycles. The Morgan fingerprint density at radius 1 is 0.532 bits per heavy atom. The Bertz CT molecular complexity index is 1060. The van der Waals surface area contributed by atoms with Gasteiger partial charge in [-0.15, -0.1) is 0 Å². The summed E-state index contributed by atoms with van der Waals surface area (Å²) in [5.41, 5.74) is 0. The summed E-state index contributed by atoms with van der Waals surface area (Å²) in [5.74, 6) is -0.185. The van der Waals surface area contributed by atoms with Gasteiger partial charge in [-0.1, -0.05) is 244 Å². The van der Waals surface area contributed by atoms with Gasteiger partial charge in [0.25, 0.3) is 0 Å². The number of nitrogens with one attached hydrogen (secondary N) is 1. The van der Waals surface area contributed by atoms with E-state index in [1.54, 1.807) is 6.08 Å². The first kappa shape index (κ1) is 61.0. The van der Waals surface area contributed by atoms with Crippen LogP contribution in [0.15, 0.2) is 24.3 Å². The fourth-order valence-corrected chi connectivity index (χ4v) is 8.68. The van der Waals surface area contributed by atoms with Crippen LogP contribution in [0, 0.1) is 0 Å². The number of amides is 1. The highest BCUT2D eigenvalue weighted by atomic mass is 31.2. The Hall–Kier alpha value is -1.02. The third kappa shape index (κ3) is 47.0. The lowest BCUT2D eigenvalue weighted by atomic mass is 10.0. The molecule has 0 rings (SSSR count). The van der Waals surface area contributed by atoms with E-state index in [1.807, 2.05) is 27.2 Å². The van der Waals surface area contributed by atoms with Crippen LogP contribution in [0.5, 0.6) is 0 Å². The Morgan fingerprint density at radius 2 is 0.887 bits per heavy atom. The van der Waals surface area contributed by atoms with Crippen LogP contribution in [0.1, 0.15) is 258 Å². The van der Waals surface area contributed by atoms with E-state index in [9.17, 15) is 19.4 Å². The van der Waals surface area contributed by atoms with Gasteiger partial charge >= 0.3 is 7.82 Å². The third-order valence-corrected chi connectivity index (χ3v) is 13.2. The number of aliphatic hydroxyl groups is 1. The molecule has 0 aromatic carbocycles. The molecule has 0 saturated heterocycles. The van der Waals surface area contributed by atoms with Crippen molar-refractivity contribution in [2.75, 3.05) is 40.9 Å². The van der Waals surface area contributed by atoms with Crippen molar-refractivity contribution in [1.29, 1.82) is 0 Å². The van der Waals surface area contributed by atoms with Gasteiger partial charge in [0.05, 0.1) is 39.9 Å². The average Bonchev–Trinajstić information content (AvgIpc) is 3.23.